The van der Waals surface area contributed by atoms with E-state index in [1.807, 2.05) is 0 Å². The zero-order valence-corrected chi connectivity index (χ0v) is 5.90. The Bertz CT molecular complexity index is 170. The van der Waals surface area contributed by atoms with E-state index in [9.17, 15) is 9.59 Å². The maximum absolute atomic E-state index is 10.3. The summed E-state index contributed by atoms with van der Waals surface area (Å²) < 4.78 is 4.43. The second-order valence-electron chi connectivity index (χ2n) is 2.32. The molecule has 1 N–H and O–H groups in total. The van der Waals surface area contributed by atoms with E-state index in [-0.39, 0.29) is 0 Å². The first-order valence-electron chi connectivity index (χ1n) is 3.34. The number of rotatable bonds is 2. The highest BCUT2D eigenvalue weighted by Gasteiger charge is 2.25. The molecule has 1 saturated heterocycles. The van der Waals surface area contributed by atoms with Gasteiger partial charge in [-0.3, -0.25) is 4.79 Å². The summed E-state index contributed by atoms with van der Waals surface area (Å²) in [6.45, 7) is 0.585. The molecular weight excluding hydrogens is 150 g/mol. The van der Waals surface area contributed by atoms with E-state index in [0.29, 0.717) is 19.4 Å². The van der Waals surface area contributed by atoms with Crippen molar-refractivity contribution in [3.8, 4) is 0 Å². The number of carbonyl (C=O) groups is 2. The third-order valence-corrected chi connectivity index (χ3v) is 1.61. The zero-order valence-electron chi connectivity index (χ0n) is 5.90. The molecule has 1 aliphatic heterocycles. The molecular formula is C6H9NO4. The average Bonchev–Trinajstić information content (AvgIpc) is 2.34. The lowest BCUT2D eigenvalue weighted by molar-refractivity contribution is -0.125. The highest BCUT2D eigenvalue weighted by atomic mass is 16.7. The molecule has 0 aromatic rings. The molecule has 11 heavy (non-hydrogen) atoms. The van der Waals surface area contributed by atoms with Crippen LogP contribution >= 0.6 is 0 Å². The second-order valence-corrected chi connectivity index (χ2v) is 2.32. The van der Waals surface area contributed by atoms with Crippen LogP contribution in [0.4, 0.5) is 4.79 Å². The summed E-state index contributed by atoms with van der Waals surface area (Å²) in [6.07, 6.45) is 0.122. The molecule has 1 amide bonds. The van der Waals surface area contributed by atoms with Crippen molar-refractivity contribution in [2.75, 3.05) is 6.54 Å². The highest BCUT2D eigenvalue weighted by molar-refractivity contribution is 5.58. The highest BCUT2D eigenvalue weighted by Crippen LogP contribution is 2.15. The minimum absolute atomic E-state index is 0.565. The van der Waals surface area contributed by atoms with Gasteiger partial charge in [0.1, 0.15) is 0 Å². The SMILES string of the molecule is O=CN1CCCC1OC(=O)O. The molecule has 5 nitrogen and oxygen atoms in total. The van der Waals surface area contributed by atoms with Crippen molar-refractivity contribution in [3.63, 3.8) is 0 Å². The normalized spacial score (nSPS) is 23.3. The van der Waals surface area contributed by atoms with Crippen LogP contribution in [0, 0.1) is 0 Å². The molecule has 0 aromatic heterocycles. The number of hydrogen-bond donors (Lipinski definition) is 1. The summed E-state index contributed by atoms with van der Waals surface area (Å²) >= 11 is 0. The van der Waals surface area contributed by atoms with E-state index in [2.05, 4.69) is 4.74 Å². The zero-order chi connectivity index (χ0) is 8.27. The summed E-state index contributed by atoms with van der Waals surface area (Å²) in [5.41, 5.74) is 0. The van der Waals surface area contributed by atoms with Crippen molar-refractivity contribution in [1.29, 1.82) is 0 Å². The van der Waals surface area contributed by atoms with Crippen LogP contribution in [0.15, 0.2) is 0 Å². The van der Waals surface area contributed by atoms with Crippen LogP contribution in [0.5, 0.6) is 0 Å². The topological polar surface area (TPSA) is 66.8 Å². The lowest BCUT2D eigenvalue weighted by Gasteiger charge is -2.17. The minimum atomic E-state index is -1.33. The van der Waals surface area contributed by atoms with Gasteiger partial charge in [0.15, 0.2) is 6.23 Å². The third-order valence-electron chi connectivity index (χ3n) is 1.61. The second kappa shape index (κ2) is 3.23. The van der Waals surface area contributed by atoms with Crippen molar-refractivity contribution in [2.45, 2.75) is 19.1 Å². The summed E-state index contributed by atoms with van der Waals surface area (Å²) in [5, 5.41) is 8.22. The predicted molar refractivity (Wildman–Crippen MR) is 34.9 cm³/mol. The fourth-order valence-corrected chi connectivity index (χ4v) is 1.12. The van der Waals surface area contributed by atoms with Gasteiger partial charge in [-0.25, -0.2) is 4.79 Å². The minimum Gasteiger partial charge on any atom is -0.450 e. The molecule has 5 heteroatoms. The summed E-state index contributed by atoms with van der Waals surface area (Å²) in [6, 6.07) is 0. The van der Waals surface area contributed by atoms with Crippen LogP contribution in [-0.2, 0) is 9.53 Å². The molecule has 1 unspecified atom stereocenters. The van der Waals surface area contributed by atoms with Gasteiger partial charge in [0.25, 0.3) is 0 Å². The molecule has 1 rings (SSSR count). The van der Waals surface area contributed by atoms with E-state index in [1.165, 1.54) is 4.90 Å². The van der Waals surface area contributed by atoms with Gasteiger partial charge in [-0.2, -0.15) is 0 Å². The van der Waals surface area contributed by atoms with E-state index in [4.69, 9.17) is 5.11 Å². The van der Waals surface area contributed by atoms with Gasteiger partial charge in [-0.05, 0) is 6.42 Å². The van der Waals surface area contributed by atoms with Crippen molar-refractivity contribution < 1.29 is 19.4 Å². The first-order valence-corrected chi connectivity index (χ1v) is 3.34. The monoisotopic (exact) mass is 159 g/mol. The first kappa shape index (κ1) is 7.84. The number of ether oxygens (including phenoxy) is 1. The van der Waals surface area contributed by atoms with Gasteiger partial charge in [0, 0.05) is 13.0 Å². The van der Waals surface area contributed by atoms with Crippen molar-refractivity contribution in [2.24, 2.45) is 0 Å². The maximum Gasteiger partial charge on any atom is 0.507 e. The molecule has 1 fully saturated rings. The fraction of sp³-hybridized carbons (Fsp3) is 0.667. The van der Waals surface area contributed by atoms with Gasteiger partial charge in [-0.1, -0.05) is 0 Å². The smallest absolute Gasteiger partial charge is 0.450 e. The molecule has 0 bridgehead atoms. The van der Waals surface area contributed by atoms with Gasteiger partial charge < -0.3 is 14.7 Å². The number of nitrogens with zero attached hydrogens (tertiary/aromatic N) is 1. The third kappa shape index (κ3) is 1.83. The Balaban J connectivity index is 2.43. The molecule has 0 aliphatic carbocycles. The molecule has 0 aromatic carbocycles. The Labute approximate surface area is 63.5 Å². The lowest BCUT2D eigenvalue weighted by Crippen LogP contribution is -2.31. The number of carbonyl (C=O) groups excluding carboxylic acids is 1. The van der Waals surface area contributed by atoms with E-state index in [0.717, 1.165) is 6.42 Å². The van der Waals surface area contributed by atoms with Crippen LogP contribution in [0.25, 0.3) is 0 Å². The molecule has 0 radical (unpaired) electrons. The molecule has 0 saturated carbocycles. The van der Waals surface area contributed by atoms with Crippen molar-refractivity contribution in [3.05, 3.63) is 0 Å². The molecule has 1 atom stereocenters. The van der Waals surface area contributed by atoms with Crippen LogP contribution in [0.3, 0.4) is 0 Å². The van der Waals surface area contributed by atoms with Crippen molar-refractivity contribution >= 4 is 12.6 Å². The Hall–Kier alpha value is -1.26. The number of carboxylic acid groups (broad SMARTS) is 1. The number of likely N-dealkylation sites (tertiary alicyclic amines) is 1. The van der Waals surface area contributed by atoms with Gasteiger partial charge in [-0.15, -0.1) is 0 Å². The predicted octanol–water partition coefficient (Wildman–Crippen LogP) is 0.259. The van der Waals surface area contributed by atoms with Gasteiger partial charge >= 0.3 is 6.16 Å². The first-order chi connectivity index (χ1) is 5.24. The Morgan fingerprint density at radius 3 is 3.00 bits per heavy atom. The largest absolute Gasteiger partial charge is 0.507 e. The Kier molecular flexibility index (Phi) is 2.30. The lowest BCUT2D eigenvalue weighted by atomic mass is 10.4. The number of hydrogen-bond acceptors (Lipinski definition) is 3. The fourth-order valence-electron chi connectivity index (χ4n) is 1.12. The molecule has 62 valence electrons. The number of amides is 1. The van der Waals surface area contributed by atoms with Crippen LogP contribution in [-0.4, -0.2) is 35.3 Å². The molecule has 1 aliphatic rings. The van der Waals surface area contributed by atoms with Crippen molar-refractivity contribution in [1.82, 2.24) is 4.90 Å². The van der Waals surface area contributed by atoms with Crippen LogP contribution in [0.1, 0.15) is 12.8 Å². The van der Waals surface area contributed by atoms with E-state index >= 15 is 0 Å². The standard InChI is InChI=1S/C6H9NO4/c8-4-7-3-1-2-5(7)11-6(9)10/h4-5H,1-3H2,(H,9,10). The Morgan fingerprint density at radius 2 is 2.45 bits per heavy atom. The Morgan fingerprint density at radius 1 is 1.73 bits per heavy atom. The molecule has 0 spiro atoms. The average molecular weight is 159 g/mol. The quantitative estimate of drug-likeness (QED) is 0.463. The van der Waals surface area contributed by atoms with Crippen LogP contribution < -0.4 is 0 Å². The van der Waals surface area contributed by atoms with Gasteiger partial charge in [0.05, 0.1) is 0 Å². The van der Waals surface area contributed by atoms with E-state index in [1.54, 1.807) is 0 Å². The van der Waals surface area contributed by atoms with E-state index < -0.39 is 12.4 Å². The summed E-state index contributed by atoms with van der Waals surface area (Å²) in [7, 11) is 0. The molecule has 1 heterocycles. The summed E-state index contributed by atoms with van der Waals surface area (Å²) in [4.78, 5) is 21.6. The summed E-state index contributed by atoms with van der Waals surface area (Å²) in [5.74, 6) is 0. The maximum atomic E-state index is 10.3. The van der Waals surface area contributed by atoms with Crippen LogP contribution in [0.2, 0.25) is 0 Å². The van der Waals surface area contributed by atoms with Gasteiger partial charge in [0.2, 0.25) is 6.41 Å².